The minimum atomic E-state index is -0.0998. The highest BCUT2D eigenvalue weighted by Gasteiger charge is 2.33. The molecule has 0 radical (unpaired) electrons. The van der Waals surface area contributed by atoms with Gasteiger partial charge < -0.3 is 9.63 Å². The molecule has 6 rings (SSSR count). The highest BCUT2D eigenvalue weighted by atomic mass is 16.5. The maximum atomic E-state index is 13.1. The summed E-state index contributed by atoms with van der Waals surface area (Å²) in [6.45, 7) is 0. The van der Waals surface area contributed by atoms with Crippen molar-refractivity contribution in [2.24, 2.45) is 4.99 Å². The number of hydrogen-bond donors (Lipinski definition) is 1. The molecule has 1 N–H and O–H groups in total. The smallest absolute Gasteiger partial charge is 0.168 e. The van der Waals surface area contributed by atoms with Crippen LogP contribution in [0.1, 0.15) is 65.4 Å². The lowest BCUT2D eigenvalue weighted by Crippen LogP contribution is -2.21. The molecule has 0 bridgehead atoms. The molecule has 0 aliphatic heterocycles. The molecule has 2 aliphatic rings. The van der Waals surface area contributed by atoms with Crippen LogP contribution in [0.3, 0.4) is 0 Å². The van der Waals surface area contributed by atoms with Crippen molar-refractivity contribution in [2.45, 2.75) is 50.9 Å². The number of rotatable bonds is 5. The number of carbonyl (C=O) groups is 2. The van der Waals surface area contributed by atoms with E-state index in [0.29, 0.717) is 66.8 Å². The topological polar surface area (TPSA) is 92.8 Å². The number of aryl methyl sites for hydroxylation is 1. The van der Waals surface area contributed by atoms with Crippen LogP contribution in [-0.2, 0) is 17.6 Å². The van der Waals surface area contributed by atoms with Crippen LogP contribution in [0.25, 0.3) is 10.8 Å². The first-order valence-corrected chi connectivity index (χ1v) is 13.1. The lowest BCUT2D eigenvalue weighted by molar-refractivity contribution is -0.115. The van der Waals surface area contributed by atoms with E-state index in [1.165, 1.54) is 0 Å². The van der Waals surface area contributed by atoms with E-state index in [-0.39, 0.29) is 29.7 Å². The number of fused-ring (bicyclic) bond motifs is 2. The molecule has 1 fully saturated rings. The largest absolute Gasteiger partial charge is 0.511 e. The van der Waals surface area contributed by atoms with Crippen LogP contribution in [0.4, 0.5) is 5.69 Å². The number of benzene rings is 3. The number of Topliss-reactive ketones (excluding diaryl/α,β-unsaturated/α-hetero) is 2. The van der Waals surface area contributed by atoms with E-state index < -0.39 is 0 Å². The molecule has 0 amide bonds. The van der Waals surface area contributed by atoms with Gasteiger partial charge in [-0.05, 0) is 47.2 Å². The number of hydrogen-bond acceptors (Lipinski definition) is 6. The molecule has 0 spiro atoms. The monoisotopic (exact) mass is 504 g/mol. The summed E-state index contributed by atoms with van der Waals surface area (Å²) in [4.78, 5) is 30.7. The predicted molar refractivity (Wildman–Crippen MR) is 146 cm³/mol. The van der Waals surface area contributed by atoms with Crippen molar-refractivity contribution >= 4 is 33.7 Å². The second-order valence-corrected chi connectivity index (χ2v) is 10.1. The summed E-state index contributed by atoms with van der Waals surface area (Å²) in [5, 5.41) is 17.4. The van der Waals surface area contributed by atoms with Gasteiger partial charge in [-0.3, -0.25) is 14.6 Å². The molecule has 190 valence electrons. The fourth-order valence-corrected chi connectivity index (χ4v) is 5.60. The zero-order chi connectivity index (χ0) is 26.1. The quantitative estimate of drug-likeness (QED) is 0.233. The third-order valence-electron chi connectivity index (χ3n) is 7.52. The van der Waals surface area contributed by atoms with Crippen LogP contribution < -0.4 is 0 Å². The number of aliphatic hydroxyl groups is 1. The van der Waals surface area contributed by atoms with Gasteiger partial charge in [0, 0.05) is 32.1 Å². The first kappa shape index (κ1) is 24.0. The lowest BCUT2D eigenvalue weighted by Gasteiger charge is -2.20. The van der Waals surface area contributed by atoms with Crippen molar-refractivity contribution < 1.29 is 19.2 Å². The fraction of sp³-hybridized carbons (Fsp3) is 0.250. The Hall–Kier alpha value is -4.32. The Morgan fingerprint density at radius 1 is 0.921 bits per heavy atom. The number of allylic oxidation sites excluding steroid dienone is 2. The van der Waals surface area contributed by atoms with Gasteiger partial charge in [0.2, 0.25) is 0 Å². The minimum Gasteiger partial charge on any atom is -0.511 e. The molecule has 4 aromatic rings. The summed E-state index contributed by atoms with van der Waals surface area (Å²) < 4.78 is 5.58. The summed E-state index contributed by atoms with van der Waals surface area (Å²) in [6, 6.07) is 23.9. The van der Waals surface area contributed by atoms with E-state index >= 15 is 0 Å². The first-order chi connectivity index (χ1) is 18.6. The lowest BCUT2D eigenvalue weighted by atomic mass is 9.81. The van der Waals surface area contributed by atoms with E-state index in [2.05, 4.69) is 5.16 Å². The molecule has 2 aliphatic carbocycles. The Morgan fingerprint density at radius 3 is 2.55 bits per heavy atom. The molecular weight excluding hydrogens is 476 g/mol. The van der Waals surface area contributed by atoms with Crippen LogP contribution >= 0.6 is 0 Å². The maximum absolute atomic E-state index is 13.1. The molecule has 6 heteroatoms. The summed E-state index contributed by atoms with van der Waals surface area (Å²) in [5.74, 6) is 0.579. The summed E-state index contributed by atoms with van der Waals surface area (Å²) in [5.41, 5.74) is 3.86. The Labute approximate surface area is 220 Å². The number of aliphatic hydroxyl groups excluding tert-OH is 1. The van der Waals surface area contributed by atoms with E-state index in [4.69, 9.17) is 9.52 Å². The van der Waals surface area contributed by atoms with Crippen molar-refractivity contribution in [2.75, 3.05) is 0 Å². The Bertz CT molecular complexity index is 1600. The number of ketones is 2. The van der Waals surface area contributed by atoms with Crippen LogP contribution in [0.2, 0.25) is 0 Å². The molecule has 38 heavy (non-hydrogen) atoms. The number of aromatic nitrogens is 1. The van der Waals surface area contributed by atoms with Gasteiger partial charge in [0.15, 0.2) is 11.6 Å². The van der Waals surface area contributed by atoms with E-state index in [0.717, 1.165) is 22.0 Å². The van der Waals surface area contributed by atoms with Crippen molar-refractivity contribution in [3.8, 4) is 0 Å². The SMILES string of the molecule is O=C1CCCC(=Nc2ccc3ccccc3c2)/C1=C(\O)CCc1noc2c1C(=O)CC(c1ccccc1)C2. The van der Waals surface area contributed by atoms with Crippen molar-refractivity contribution in [1.29, 1.82) is 0 Å². The van der Waals surface area contributed by atoms with Gasteiger partial charge in [-0.15, -0.1) is 0 Å². The summed E-state index contributed by atoms with van der Waals surface area (Å²) in [7, 11) is 0. The number of aliphatic imine (C=N–C) groups is 1. The Morgan fingerprint density at radius 2 is 1.71 bits per heavy atom. The van der Waals surface area contributed by atoms with Crippen LogP contribution in [0.15, 0.2) is 93.6 Å². The number of carbonyl (C=O) groups excluding carboxylic acids is 2. The Kier molecular flexibility index (Phi) is 6.46. The minimum absolute atomic E-state index is 0.00332. The molecule has 1 atom stereocenters. The molecule has 1 heterocycles. The standard InChI is InChI=1S/C32H28N2O4/c35-27-12-6-11-25(33-24-14-13-21-9-4-5-10-22(21)17-24)31(27)28(36)16-15-26-32-29(37)18-23(19-30(32)38-34-26)20-7-2-1-3-8-20/h1-5,7-10,13-14,17,23,36H,6,11-12,15-16,18-19H2/b31-28+,33-25?. The molecular formula is C32H28N2O4. The zero-order valence-corrected chi connectivity index (χ0v) is 21.0. The predicted octanol–water partition coefficient (Wildman–Crippen LogP) is 7.01. The van der Waals surface area contributed by atoms with Gasteiger partial charge in [-0.25, -0.2) is 0 Å². The first-order valence-electron chi connectivity index (χ1n) is 13.1. The summed E-state index contributed by atoms with van der Waals surface area (Å²) in [6.07, 6.45) is 3.23. The van der Waals surface area contributed by atoms with Gasteiger partial charge in [-0.2, -0.15) is 0 Å². The molecule has 6 nitrogen and oxygen atoms in total. The van der Waals surface area contributed by atoms with Crippen LogP contribution in [0.5, 0.6) is 0 Å². The second-order valence-electron chi connectivity index (χ2n) is 10.1. The van der Waals surface area contributed by atoms with Gasteiger partial charge >= 0.3 is 0 Å². The van der Waals surface area contributed by atoms with Crippen molar-refractivity contribution in [3.63, 3.8) is 0 Å². The highest BCUT2D eigenvalue weighted by molar-refractivity contribution is 6.24. The molecule has 3 aromatic carbocycles. The van der Waals surface area contributed by atoms with Crippen LogP contribution in [0, 0.1) is 0 Å². The van der Waals surface area contributed by atoms with E-state index in [1.54, 1.807) is 0 Å². The average molecular weight is 505 g/mol. The second kappa shape index (κ2) is 10.2. The molecule has 1 saturated carbocycles. The van der Waals surface area contributed by atoms with Crippen molar-refractivity contribution in [3.05, 3.63) is 107 Å². The molecule has 1 aromatic heterocycles. The van der Waals surface area contributed by atoms with Gasteiger partial charge in [0.1, 0.15) is 11.5 Å². The third-order valence-corrected chi connectivity index (χ3v) is 7.52. The van der Waals surface area contributed by atoms with Gasteiger partial charge in [-0.1, -0.05) is 65.8 Å². The maximum Gasteiger partial charge on any atom is 0.168 e. The Balaban J connectivity index is 1.24. The normalized spacial score (nSPS) is 20.1. The highest BCUT2D eigenvalue weighted by Crippen LogP contribution is 2.35. The third kappa shape index (κ3) is 4.70. The van der Waals surface area contributed by atoms with E-state index in [1.807, 2.05) is 72.8 Å². The van der Waals surface area contributed by atoms with E-state index in [9.17, 15) is 14.7 Å². The number of nitrogens with zero attached hydrogens (tertiary/aromatic N) is 2. The molecule has 0 saturated heterocycles. The average Bonchev–Trinajstić information content (AvgIpc) is 3.36. The fourth-order valence-electron chi connectivity index (χ4n) is 5.60. The zero-order valence-electron chi connectivity index (χ0n) is 21.0. The van der Waals surface area contributed by atoms with Gasteiger partial charge in [0.25, 0.3) is 0 Å². The molecule has 1 unspecified atom stereocenters. The van der Waals surface area contributed by atoms with Crippen molar-refractivity contribution in [1.82, 2.24) is 5.16 Å². The van der Waals surface area contributed by atoms with Gasteiger partial charge in [0.05, 0.1) is 28.2 Å². The van der Waals surface area contributed by atoms with Crippen LogP contribution in [-0.4, -0.2) is 27.5 Å². The summed E-state index contributed by atoms with van der Waals surface area (Å²) >= 11 is 0.